The van der Waals surface area contributed by atoms with Crippen molar-refractivity contribution in [3.63, 3.8) is 0 Å². The van der Waals surface area contributed by atoms with Gasteiger partial charge in [0.1, 0.15) is 5.84 Å². The molecule has 0 aromatic heterocycles. The minimum atomic E-state index is 0.0171. The number of nitrogen functional groups attached to an aromatic ring is 1. The molecule has 4 N–H and O–H groups in total. The average Bonchev–Trinajstić information content (AvgIpc) is 2.40. The van der Waals surface area contributed by atoms with Crippen LogP contribution in [0.3, 0.4) is 0 Å². The number of nitrogens with one attached hydrogen (secondary N) is 2. The molecular weight excluding hydrogens is 222 g/mol. The second-order valence-electron chi connectivity index (χ2n) is 4.37. The molecule has 3 heteroatoms. The van der Waals surface area contributed by atoms with E-state index in [-0.39, 0.29) is 5.84 Å². The zero-order valence-corrected chi connectivity index (χ0v) is 10.2. The van der Waals surface area contributed by atoms with E-state index in [0.717, 1.165) is 18.4 Å². The molecule has 0 saturated heterocycles. The van der Waals surface area contributed by atoms with Crippen LogP contribution in [-0.2, 0) is 0 Å². The summed E-state index contributed by atoms with van der Waals surface area (Å²) in [5.74, 6) is 0.0171. The van der Waals surface area contributed by atoms with E-state index in [1.807, 2.05) is 18.2 Å². The first-order valence-corrected chi connectivity index (χ1v) is 6.05. The Morgan fingerprint density at radius 2 is 1.83 bits per heavy atom. The molecule has 0 atom stereocenters. The first kappa shape index (κ1) is 12.3. The summed E-state index contributed by atoms with van der Waals surface area (Å²) in [5, 5.41) is 15.7. The van der Waals surface area contributed by atoms with Crippen molar-refractivity contribution in [2.75, 3.05) is 0 Å². The molecule has 92 valence electrons. The van der Waals surface area contributed by atoms with E-state index in [1.54, 1.807) is 6.07 Å². The molecule has 1 aliphatic rings. The van der Waals surface area contributed by atoms with Crippen LogP contribution >= 0.6 is 0 Å². The van der Waals surface area contributed by atoms with Crippen LogP contribution in [0.2, 0.25) is 0 Å². The lowest BCUT2D eigenvalue weighted by atomic mass is 9.95. The van der Waals surface area contributed by atoms with Crippen LogP contribution in [0, 0.1) is 10.8 Å². The number of rotatable bonds is 4. The van der Waals surface area contributed by atoms with Gasteiger partial charge in [-0.05, 0) is 18.4 Å². The Bertz CT molecular complexity index is 538. The number of nitrogens with two attached hydrogens (primary N) is 1. The van der Waals surface area contributed by atoms with Crippen LogP contribution in [0.5, 0.6) is 0 Å². The standard InChI is InChI=1S/C15H17N3/c16-14(10-11-6-2-1-3-7-11)12-8-4-5-9-13(12)15(17)18/h2,4-9,16H,1,3,10H2,(H3,17,18). The maximum atomic E-state index is 8.17. The normalized spacial score (nSPS) is 14.1. The summed E-state index contributed by atoms with van der Waals surface area (Å²) in [6, 6.07) is 7.36. The van der Waals surface area contributed by atoms with E-state index in [9.17, 15) is 0 Å². The summed E-state index contributed by atoms with van der Waals surface area (Å²) in [6.45, 7) is 0. The summed E-state index contributed by atoms with van der Waals surface area (Å²) in [6.07, 6.45) is 9.12. The minimum absolute atomic E-state index is 0.0171. The van der Waals surface area contributed by atoms with Crippen molar-refractivity contribution < 1.29 is 0 Å². The Morgan fingerprint density at radius 1 is 1.11 bits per heavy atom. The molecule has 0 unspecified atom stereocenters. The van der Waals surface area contributed by atoms with Gasteiger partial charge in [-0.25, -0.2) is 0 Å². The van der Waals surface area contributed by atoms with E-state index < -0.39 is 0 Å². The number of hydrogen-bond acceptors (Lipinski definition) is 2. The second kappa shape index (κ2) is 5.45. The zero-order valence-electron chi connectivity index (χ0n) is 10.2. The molecule has 2 rings (SSSR count). The van der Waals surface area contributed by atoms with Crippen LogP contribution in [0.25, 0.3) is 0 Å². The lowest BCUT2D eigenvalue weighted by Crippen LogP contribution is -2.16. The van der Waals surface area contributed by atoms with Gasteiger partial charge in [0.15, 0.2) is 0 Å². The fraction of sp³-hybridized carbons (Fsp3) is 0.200. The van der Waals surface area contributed by atoms with Gasteiger partial charge in [0.05, 0.1) is 0 Å². The van der Waals surface area contributed by atoms with E-state index in [0.29, 0.717) is 17.7 Å². The van der Waals surface area contributed by atoms with Crippen molar-refractivity contribution in [2.24, 2.45) is 5.73 Å². The highest BCUT2D eigenvalue weighted by Gasteiger charge is 2.10. The van der Waals surface area contributed by atoms with Gasteiger partial charge in [0.25, 0.3) is 0 Å². The summed E-state index contributed by atoms with van der Waals surface area (Å²) in [4.78, 5) is 0. The Hall–Kier alpha value is -2.16. The third-order valence-corrected chi connectivity index (χ3v) is 3.00. The van der Waals surface area contributed by atoms with Gasteiger partial charge >= 0.3 is 0 Å². The van der Waals surface area contributed by atoms with Gasteiger partial charge < -0.3 is 11.1 Å². The highest BCUT2D eigenvalue weighted by atomic mass is 14.7. The summed E-state index contributed by atoms with van der Waals surface area (Å²) < 4.78 is 0. The number of amidine groups is 1. The van der Waals surface area contributed by atoms with Gasteiger partial charge in [-0.1, -0.05) is 42.5 Å². The monoisotopic (exact) mass is 239 g/mol. The quantitative estimate of drug-likeness (QED) is 0.548. The van der Waals surface area contributed by atoms with Gasteiger partial charge in [0.2, 0.25) is 0 Å². The number of benzene rings is 1. The fourth-order valence-corrected chi connectivity index (χ4v) is 2.08. The molecule has 0 amide bonds. The van der Waals surface area contributed by atoms with Crippen LogP contribution in [0.1, 0.15) is 30.4 Å². The van der Waals surface area contributed by atoms with E-state index in [1.165, 1.54) is 5.57 Å². The minimum Gasteiger partial charge on any atom is -0.384 e. The predicted molar refractivity (Wildman–Crippen MR) is 75.4 cm³/mol. The van der Waals surface area contributed by atoms with E-state index >= 15 is 0 Å². The van der Waals surface area contributed by atoms with Gasteiger partial charge in [-0.3, -0.25) is 5.41 Å². The van der Waals surface area contributed by atoms with Gasteiger partial charge in [-0.15, -0.1) is 0 Å². The Kier molecular flexibility index (Phi) is 3.72. The SMILES string of the molecule is N=C(N)c1ccccc1C(=N)CC1=CCCC=C1. The second-order valence-corrected chi connectivity index (χ2v) is 4.37. The van der Waals surface area contributed by atoms with Crippen LogP contribution in [0.15, 0.2) is 48.1 Å². The van der Waals surface area contributed by atoms with E-state index in [2.05, 4.69) is 18.2 Å². The maximum absolute atomic E-state index is 8.17. The van der Waals surface area contributed by atoms with Crippen LogP contribution in [-0.4, -0.2) is 11.5 Å². The third kappa shape index (κ3) is 2.74. The molecule has 1 aromatic carbocycles. The largest absolute Gasteiger partial charge is 0.384 e. The van der Waals surface area contributed by atoms with Gasteiger partial charge in [0, 0.05) is 23.3 Å². The van der Waals surface area contributed by atoms with Crippen molar-refractivity contribution in [3.05, 3.63) is 59.2 Å². The molecular formula is C15H17N3. The summed E-state index contributed by atoms with van der Waals surface area (Å²) in [5.41, 5.74) is 8.62. The first-order valence-electron chi connectivity index (χ1n) is 6.05. The smallest absolute Gasteiger partial charge is 0.123 e. The molecule has 0 heterocycles. The van der Waals surface area contributed by atoms with Gasteiger partial charge in [-0.2, -0.15) is 0 Å². The molecule has 1 aliphatic carbocycles. The average molecular weight is 239 g/mol. The molecule has 0 radical (unpaired) electrons. The van der Waals surface area contributed by atoms with Crippen molar-refractivity contribution >= 4 is 11.5 Å². The molecule has 0 fully saturated rings. The summed E-state index contributed by atoms with van der Waals surface area (Å²) in [7, 11) is 0. The molecule has 0 aliphatic heterocycles. The van der Waals surface area contributed by atoms with Crippen molar-refractivity contribution in [1.82, 2.24) is 0 Å². The lowest BCUT2D eigenvalue weighted by molar-refractivity contribution is 1.01. The fourth-order valence-electron chi connectivity index (χ4n) is 2.08. The molecule has 0 spiro atoms. The zero-order chi connectivity index (χ0) is 13.0. The lowest BCUT2D eigenvalue weighted by Gasteiger charge is -2.11. The molecule has 0 bridgehead atoms. The molecule has 18 heavy (non-hydrogen) atoms. The number of hydrogen-bond donors (Lipinski definition) is 3. The summed E-state index contributed by atoms with van der Waals surface area (Å²) >= 11 is 0. The molecule has 0 saturated carbocycles. The first-order chi connectivity index (χ1) is 8.68. The maximum Gasteiger partial charge on any atom is 0.123 e. The Balaban J connectivity index is 2.21. The topological polar surface area (TPSA) is 73.7 Å². The highest BCUT2D eigenvalue weighted by molar-refractivity contribution is 6.10. The molecule has 3 nitrogen and oxygen atoms in total. The van der Waals surface area contributed by atoms with Crippen molar-refractivity contribution in [1.29, 1.82) is 10.8 Å². The van der Waals surface area contributed by atoms with Crippen LogP contribution < -0.4 is 5.73 Å². The molecule has 1 aromatic rings. The number of allylic oxidation sites excluding steroid dienone is 4. The highest BCUT2D eigenvalue weighted by Crippen LogP contribution is 2.18. The Morgan fingerprint density at radius 3 is 2.44 bits per heavy atom. The Labute approximate surface area is 107 Å². The van der Waals surface area contributed by atoms with Crippen molar-refractivity contribution in [3.8, 4) is 0 Å². The van der Waals surface area contributed by atoms with Crippen molar-refractivity contribution in [2.45, 2.75) is 19.3 Å². The van der Waals surface area contributed by atoms with E-state index in [4.69, 9.17) is 16.6 Å². The third-order valence-electron chi connectivity index (χ3n) is 3.00. The van der Waals surface area contributed by atoms with Crippen LogP contribution in [0.4, 0.5) is 0 Å². The predicted octanol–water partition coefficient (Wildman–Crippen LogP) is 3.01.